The number of hydrogen-bond donors (Lipinski definition) is 1. The molecule has 2 aliphatic heterocycles. The monoisotopic (exact) mass is 410 g/mol. The number of nitrogens with zero attached hydrogens (tertiary/aromatic N) is 3. The molecule has 2 aliphatic rings. The summed E-state index contributed by atoms with van der Waals surface area (Å²) >= 11 is 0. The second-order valence-corrected chi connectivity index (χ2v) is 8.14. The minimum Gasteiger partial charge on any atom is -0.486 e. The maximum atomic E-state index is 12.8. The van der Waals surface area contributed by atoms with Gasteiger partial charge in [0.15, 0.2) is 11.5 Å². The molecule has 30 heavy (non-hydrogen) atoms. The number of piperazine rings is 1. The van der Waals surface area contributed by atoms with Crippen LogP contribution in [0.15, 0.2) is 42.6 Å². The Bertz CT molecular complexity index is 851. The summed E-state index contributed by atoms with van der Waals surface area (Å²) in [5.74, 6) is 2.83. The van der Waals surface area contributed by atoms with Gasteiger partial charge in [-0.05, 0) is 35.7 Å². The second-order valence-electron chi connectivity index (χ2n) is 8.14. The maximum Gasteiger partial charge on any atom is 0.234 e. The molecule has 160 valence electrons. The van der Waals surface area contributed by atoms with Gasteiger partial charge in [0.1, 0.15) is 19.0 Å². The molecular weight excluding hydrogens is 380 g/mol. The molecule has 7 heteroatoms. The third kappa shape index (κ3) is 4.84. The summed E-state index contributed by atoms with van der Waals surface area (Å²) in [6.07, 6.45) is 1.82. The van der Waals surface area contributed by atoms with Gasteiger partial charge in [0.2, 0.25) is 5.91 Å². The molecule has 0 spiro atoms. The summed E-state index contributed by atoms with van der Waals surface area (Å²) in [4.78, 5) is 21.7. The van der Waals surface area contributed by atoms with Crippen LogP contribution < -0.4 is 19.7 Å². The Labute approximate surface area is 178 Å². The molecule has 0 bridgehead atoms. The Balaban J connectivity index is 1.33. The fourth-order valence-electron chi connectivity index (χ4n) is 3.99. The molecule has 1 N–H and O–H groups in total. The topological polar surface area (TPSA) is 66.9 Å². The van der Waals surface area contributed by atoms with Crippen LogP contribution in [0.3, 0.4) is 0 Å². The van der Waals surface area contributed by atoms with Crippen molar-refractivity contribution >= 4 is 11.7 Å². The van der Waals surface area contributed by atoms with Crippen molar-refractivity contribution in [2.45, 2.75) is 19.9 Å². The zero-order valence-electron chi connectivity index (χ0n) is 17.7. The van der Waals surface area contributed by atoms with Gasteiger partial charge in [-0.1, -0.05) is 26.0 Å². The van der Waals surface area contributed by atoms with Crippen LogP contribution in [-0.4, -0.2) is 61.7 Å². The smallest absolute Gasteiger partial charge is 0.234 e. The number of aromatic nitrogens is 1. The lowest BCUT2D eigenvalue weighted by molar-refractivity contribution is -0.123. The molecule has 2 aromatic rings. The summed E-state index contributed by atoms with van der Waals surface area (Å²) in [6.45, 7) is 9.22. The molecule has 1 atom stereocenters. The number of pyridine rings is 1. The Kier molecular flexibility index (Phi) is 6.38. The summed E-state index contributed by atoms with van der Waals surface area (Å²) < 4.78 is 11.3. The van der Waals surface area contributed by atoms with Crippen molar-refractivity contribution in [1.82, 2.24) is 15.2 Å². The third-order valence-corrected chi connectivity index (χ3v) is 5.62. The number of benzene rings is 1. The maximum absolute atomic E-state index is 12.8. The second kappa shape index (κ2) is 9.34. The van der Waals surface area contributed by atoms with Gasteiger partial charge in [-0.3, -0.25) is 9.69 Å². The van der Waals surface area contributed by atoms with Gasteiger partial charge in [0.25, 0.3) is 0 Å². The zero-order valence-corrected chi connectivity index (χ0v) is 17.7. The number of ether oxygens (including phenoxy) is 2. The first kappa shape index (κ1) is 20.5. The molecule has 0 unspecified atom stereocenters. The number of hydrogen-bond acceptors (Lipinski definition) is 6. The lowest BCUT2D eigenvalue weighted by Gasteiger charge is -2.35. The highest BCUT2D eigenvalue weighted by Gasteiger charge is 2.24. The van der Waals surface area contributed by atoms with E-state index in [9.17, 15) is 4.79 Å². The molecule has 1 aromatic carbocycles. The first-order chi connectivity index (χ1) is 14.6. The highest BCUT2D eigenvalue weighted by Crippen LogP contribution is 2.34. The highest BCUT2D eigenvalue weighted by atomic mass is 16.6. The average molecular weight is 411 g/mol. The average Bonchev–Trinajstić information content (AvgIpc) is 2.78. The lowest BCUT2D eigenvalue weighted by Crippen LogP contribution is -2.50. The molecule has 7 nitrogen and oxygen atoms in total. The van der Waals surface area contributed by atoms with Crippen molar-refractivity contribution in [2.75, 3.05) is 50.8 Å². The Morgan fingerprint density at radius 2 is 1.83 bits per heavy atom. The van der Waals surface area contributed by atoms with Crippen LogP contribution in [0.5, 0.6) is 11.5 Å². The van der Waals surface area contributed by atoms with Crippen molar-refractivity contribution in [3.05, 3.63) is 48.2 Å². The predicted molar refractivity (Wildman–Crippen MR) is 116 cm³/mol. The SMILES string of the molecule is CC(C)[C@H](NC(=O)CN1CCN(c2ccccn2)CC1)c1ccc2c(c1)OCCO2. The Morgan fingerprint density at radius 3 is 2.53 bits per heavy atom. The van der Waals surface area contributed by atoms with E-state index in [1.54, 1.807) is 0 Å². The van der Waals surface area contributed by atoms with Crippen molar-refractivity contribution in [1.29, 1.82) is 0 Å². The van der Waals surface area contributed by atoms with E-state index in [0.717, 1.165) is 49.1 Å². The van der Waals surface area contributed by atoms with Gasteiger partial charge < -0.3 is 19.7 Å². The first-order valence-electron chi connectivity index (χ1n) is 10.7. The predicted octanol–water partition coefficient (Wildman–Crippen LogP) is 2.49. The summed E-state index contributed by atoms with van der Waals surface area (Å²) in [7, 11) is 0. The van der Waals surface area contributed by atoms with Crippen LogP contribution in [0, 0.1) is 5.92 Å². The van der Waals surface area contributed by atoms with Crippen molar-refractivity contribution in [3.63, 3.8) is 0 Å². The first-order valence-corrected chi connectivity index (χ1v) is 10.7. The molecule has 1 amide bonds. The minimum atomic E-state index is -0.0665. The summed E-state index contributed by atoms with van der Waals surface area (Å²) in [5.41, 5.74) is 1.04. The van der Waals surface area contributed by atoms with Crippen molar-refractivity contribution in [2.24, 2.45) is 5.92 Å². The van der Waals surface area contributed by atoms with E-state index in [1.807, 2.05) is 42.6 Å². The normalized spacial score (nSPS) is 17.6. The summed E-state index contributed by atoms with van der Waals surface area (Å²) in [6, 6.07) is 11.8. The number of fused-ring (bicyclic) bond motifs is 1. The van der Waals surface area contributed by atoms with Gasteiger partial charge in [0, 0.05) is 32.4 Å². The lowest BCUT2D eigenvalue weighted by atomic mass is 9.95. The van der Waals surface area contributed by atoms with Gasteiger partial charge >= 0.3 is 0 Å². The minimum absolute atomic E-state index is 0.0508. The van der Waals surface area contributed by atoms with Gasteiger partial charge in [0.05, 0.1) is 12.6 Å². The van der Waals surface area contributed by atoms with Crippen LogP contribution in [-0.2, 0) is 4.79 Å². The largest absolute Gasteiger partial charge is 0.486 e. The number of carbonyl (C=O) groups is 1. The van der Waals surface area contributed by atoms with Crippen LogP contribution in [0.2, 0.25) is 0 Å². The fourth-order valence-corrected chi connectivity index (χ4v) is 3.99. The third-order valence-electron chi connectivity index (χ3n) is 5.62. The quantitative estimate of drug-likeness (QED) is 0.789. The van der Waals surface area contributed by atoms with Crippen LogP contribution >= 0.6 is 0 Å². The van der Waals surface area contributed by atoms with E-state index in [0.29, 0.717) is 19.8 Å². The standard InChI is InChI=1S/C23H30N4O3/c1-17(2)23(18-6-7-19-20(15-18)30-14-13-29-19)25-22(28)16-26-9-11-27(12-10-26)21-5-3-4-8-24-21/h3-8,15,17,23H,9-14,16H2,1-2H3,(H,25,28)/t23-/m0/s1. The molecule has 4 rings (SSSR count). The molecule has 3 heterocycles. The number of rotatable bonds is 6. The molecule has 0 radical (unpaired) electrons. The van der Waals surface area contributed by atoms with Crippen LogP contribution in [0.25, 0.3) is 0 Å². The molecular formula is C23H30N4O3. The van der Waals surface area contributed by atoms with Gasteiger partial charge in [-0.25, -0.2) is 4.98 Å². The molecule has 0 saturated carbocycles. The Hall–Kier alpha value is -2.80. The van der Waals surface area contributed by atoms with Crippen molar-refractivity contribution < 1.29 is 14.3 Å². The number of carbonyl (C=O) groups excluding carboxylic acids is 1. The van der Waals surface area contributed by atoms with Gasteiger partial charge in [-0.15, -0.1) is 0 Å². The molecule has 1 fully saturated rings. The Morgan fingerprint density at radius 1 is 1.07 bits per heavy atom. The number of nitrogens with one attached hydrogen (secondary N) is 1. The van der Waals surface area contributed by atoms with E-state index >= 15 is 0 Å². The molecule has 1 aromatic heterocycles. The number of amides is 1. The molecule has 0 aliphatic carbocycles. The van der Waals surface area contributed by atoms with Crippen molar-refractivity contribution in [3.8, 4) is 11.5 Å². The fraction of sp³-hybridized carbons (Fsp3) is 0.478. The van der Waals surface area contributed by atoms with E-state index in [4.69, 9.17) is 9.47 Å². The molecule has 1 saturated heterocycles. The number of anilines is 1. The summed E-state index contributed by atoms with van der Waals surface area (Å²) in [5, 5.41) is 3.23. The highest BCUT2D eigenvalue weighted by molar-refractivity contribution is 5.78. The van der Waals surface area contributed by atoms with E-state index in [2.05, 4.69) is 33.9 Å². The van der Waals surface area contributed by atoms with Crippen LogP contribution in [0.1, 0.15) is 25.5 Å². The van der Waals surface area contributed by atoms with E-state index < -0.39 is 0 Å². The van der Waals surface area contributed by atoms with E-state index in [1.165, 1.54) is 0 Å². The van der Waals surface area contributed by atoms with Crippen LogP contribution in [0.4, 0.5) is 5.82 Å². The van der Waals surface area contributed by atoms with E-state index in [-0.39, 0.29) is 17.9 Å². The van der Waals surface area contributed by atoms with Gasteiger partial charge in [-0.2, -0.15) is 0 Å². The zero-order chi connectivity index (χ0) is 20.9.